The maximum atomic E-state index is 11.6. The summed E-state index contributed by atoms with van der Waals surface area (Å²) in [6.07, 6.45) is 5.27. The fraction of sp³-hybridized carbons (Fsp3) is 0.458. The Balaban J connectivity index is 1.28. The van der Waals surface area contributed by atoms with Gasteiger partial charge in [-0.25, -0.2) is 4.98 Å². The average molecular weight is 421 g/mol. The molecule has 31 heavy (non-hydrogen) atoms. The number of ether oxygens (including phenoxy) is 2. The summed E-state index contributed by atoms with van der Waals surface area (Å²) in [4.78, 5) is 18.2. The van der Waals surface area contributed by atoms with Crippen LogP contribution in [-0.2, 0) is 4.79 Å². The number of hydrogen-bond acceptors (Lipinski definition) is 6. The van der Waals surface area contributed by atoms with Crippen molar-refractivity contribution >= 4 is 11.6 Å². The van der Waals surface area contributed by atoms with Crippen LogP contribution in [0.15, 0.2) is 42.6 Å². The van der Waals surface area contributed by atoms with Crippen LogP contribution in [-0.4, -0.2) is 36.7 Å². The molecule has 0 bridgehead atoms. The molecule has 7 heteroatoms. The fourth-order valence-electron chi connectivity index (χ4n) is 3.70. The number of aromatic nitrogens is 1. The van der Waals surface area contributed by atoms with Gasteiger partial charge in [0.1, 0.15) is 18.3 Å². The molecule has 0 spiro atoms. The Morgan fingerprint density at radius 1 is 1.29 bits per heavy atom. The topological polar surface area (TPSA) is 87.5 Å². The number of anilines is 1. The molecule has 1 aromatic heterocycles. The summed E-state index contributed by atoms with van der Waals surface area (Å²) >= 11 is 0. The number of carbonyl (C=O) groups is 1. The first-order chi connectivity index (χ1) is 15.1. The molecule has 4 rings (SSSR count). The zero-order valence-corrected chi connectivity index (χ0v) is 17.8. The van der Waals surface area contributed by atoms with Crippen LogP contribution in [0.25, 0.3) is 0 Å². The molecule has 2 aromatic rings. The Morgan fingerprint density at radius 3 is 2.84 bits per heavy atom. The zero-order valence-electron chi connectivity index (χ0n) is 17.8. The van der Waals surface area contributed by atoms with E-state index < -0.39 is 0 Å². The summed E-state index contributed by atoms with van der Waals surface area (Å²) in [5, 5.41) is 11.4. The first-order valence-corrected chi connectivity index (χ1v) is 10.9. The number of hydrogen-bond donors (Lipinski definition) is 1. The van der Waals surface area contributed by atoms with E-state index in [1.165, 1.54) is 12.8 Å². The molecule has 2 atom stereocenters. The summed E-state index contributed by atoms with van der Waals surface area (Å²) in [5.41, 5.74) is 2.09. The summed E-state index contributed by atoms with van der Waals surface area (Å²) in [7, 11) is 0. The number of pyridine rings is 1. The smallest absolute Gasteiger partial charge is 0.234 e. The maximum Gasteiger partial charge on any atom is 0.234 e. The lowest BCUT2D eigenvalue weighted by Gasteiger charge is -2.20. The SMILES string of the molecule is C[C@H](NC(=O)CC#N)c1ccc(OC2CCN(c3ccnc(OCC4CC4)c3)C2)cc1. The lowest BCUT2D eigenvalue weighted by molar-refractivity contribution is -0.120. The molecule has 2 fully saturated rings. The number of carbonyl (C=O) groups excluding carboxylic acids is 1. The van der Waals surface area contributed by atoms with Gasteiger partial charge in [0.15, 0.2) is 0 Å². The van der Waals surface area contributed by atoms with E-state index in [9.17, 15) is 4.79 Å². The Labute approximate surface area is 183 Å². The summed E-state index contributed by atoms with van der Waals surface area (Å²) < 4.78 is 12.0. The normalized spacial score (nSPS) is 18.8. The summed E-state index contributed by atoms with van der Waals surface area (Å²) in [6.45, 7) is 4.40. The predicted octanol–water partition coefficient (Wildman–Crippen LogP) is 3.62. The van der Waals surface area contributed by atoms with E-state index in [-0.39, 0.29) is 24.5 Å². The molecule has 1 aliphatic carbocycles. The van der Waals surface area contributed by atoms with Crippen molar-refractivity contribution in [3.05, 3.63) is 48.2 Å². The lowest BCUT2D eigenvalue weighted by Crippen LogP contribution is -2.26. The van der Waals surface area contributed by atoms with Crippen LogP contribution in [0, 0.1) is 17.2 Å². The highest BCUT2D eigenvalue weighted by atomic mass is 16.5. The molecule has 1 aromatic carbocycles. The number of nitrogens with one attached hydrogen (secondary N) is 1. The molecule has 2 aliphatic rings. The first kappa shape index (κ1) is 21.0. The van der Waals surface area contributed by atoms with Crippen molar-refractivity contribution in [2.45, 2.75) is 44.8 Å². The molecule has 0 radical (unpaired) electrons. The minimum atomic E-state index is -0.265. The van der Waals surface area contributed by atoms with Gasteiger partial charge in [-0.2, -0.15) is 5.26 Å². The van der Waals surface area contributed by atoms with Crippen LogP contribution in [0.4, 0.5) is 5.69 Å². The molecule has 1 N–H and O–H groups in total. The van der Waals surface area contributed by atoms with Crippen LogP contribution in [0.1, 0.15) is 44.2 Å². The van der Waals surface area contributed by atoms with Crippen molar-refractivity contribution in [1.29, 1.82) is 5.26 Å². The van der Waals surface area contributed by atoms with Gasteiger partial charge in [-0.15, -0.1) is 0 Å². The van der Waals surface area contributed by atoms with Crippen molar-refractivity contribution < 1.29 is 14.3 Å². The Morgan fingerprint density at radius 2 is 2.10 bits per heavy atom. The third-order valence-corrected chi connectivity index (χ3v) is 5.69. The number of nitriles is 1. The molecule has 2 heterocycles. The van der Waals surface area contributed by atoms with E-state index in [0.717, 1.165) is 43.1 Å². The zero-order chi connectivity index (χ0) is 21.6. The molecule has 1 aliphatic heterocycles. The van der Waals surface area contributed by atoms with Gasteiger partial charge in [-0.1, -0.05) is 12.1 Å². The fourth-order valence-corrected chi connectivity index (χ4v) is 3.70. The molecule has 1 amide bonds. The van der Waals surface area contributed by atoms with Crippen molar-refractivity contribution in [3.8, 4) is 17.7 Å². The Kier molecular flexibility index (Phi) is 6.56. The summed E-state index contributed by atoms with van der Waals surface area (Å²) in [5.74, 6) is 1.95. The lowest BCUT2D eigenvalue weighted by atomic mass is 10.1. The van der Waals surface area contributed by atoms with Gasteiger partial charge in [0.05, 0.1) is 25.3 Å². The predicted molar refractivity (Wildman–Crippen MR) is 117 cm³/mol. The van der Waals surface area contributed by atoms with Crippen molar-refractivity contribution in [2.75, 3.05) is 24.6 Å². The van der Waals surface area contributed by atoms with E-state index in [0.29, 0.717) is 11.8 Å². The van der Waals surface area contributed by atoms with Crippen LogP contribution in [0.3, 0.4) is 0 Å². The van der Waals surface area contributed by atoms with E-state index in [4.69, 9.17) is 14.7 Å². The standard InChI is InChI=1S/C24H28N4O3/c1-17(27-23(29)8-11-25)19-4-6-21(7-5-19)31-22-10-13-28(15-22)20-9-12-26-24(14-20)30-16-18-2-3-18/h4-7,9,12,14,17-18,22H,2-3,8,10,13,15-16H2,1H3,(H,27,29)/t17-,22?/m0/s1. The molecule has 1 saturated heterocycles. The quantitative estimate of drug-likeness (QED) is 0.667. The minimum absolute atomic E-state index is 0.114. The highest BCUT2D eigenvalue weighted by Gasteiger charge is 2.25. The molecular formula is C24H28N4O3. The van der Waals surface area contributed by atoms with Gasteiger partial charge in [0.25, 0.3) is 0 Å². The highest BCUT2D eigenvalue weighted by molar-refractivity contribution is 5.78. The third kappa shape index (κ3) is 5.88. The van der Waals surface area contributed by atoms with E-state index in [1.807, 2.05) is 49.4 Å². The number of amides is 1. The Hall–Kier alpha value is -3.27. The largest absolute Gasteiger partial charge is 0.489 e. The van der Waals surface area contributed by atoms with Crippen molar-refractivity contribution in [3.63, 3.8) is 0 Å². The number of benzene rings is 1. The molecule has 162 valence electrons. The average Bonchev–Trinajstić information content (AvgIpc) is 3.49. The first-order valence-electron chi connectivity index (χ1n) is 10.9. The van der Waals surface area contributed by atoms with Gasteiger partial charge >= 0.3 is 0 Å². The molecule has 7 nitrogen and oxygen atoms in total. The van der Waals surface area contributed by atoms with E-state index in [2.05, 4.69) is 15.2 Å². The van der Waals surface area contributed by atoms with Gasteiger partial charge in [-0.05, 0) is 49.4 Å². The number of nitrogens with zero attached hydrogens (tertiary/aromatic N) is 3. The van der Waals surface area contributed by atoms with Crippen LogP contribution in [0.5, 0.6) is 11.6 Å². The monoisotopic (exact) mass is 420 g/mol. The van der Waals surface area contributed by atoms with Crippen molar-refractivity contribution in [1.82, 2.24) is 10.3 Å². The van der Waals surface area contributed by atoms with Gasteiger partial charge in [0, 0.05) is 30.9 Å². The summed E-state index contributed by atoms with van der Waals surface area (Å²) in [6, 6.07) is 13.5. The van der Waals surface area contributed by atoms with Gasteiger partial charge in [-0.3, -0.25) is 4.79 Å². The van der Waals surface area contributed by atoms with Gasteiger partial charge < -0.3 is 19.7 Å². The second kappa shape index (κ2) is 9.69. The minimum Gasteiger partial charge on any atom is -0.489 e. The van der Waals surface area contributed by atoms with Crippen molar-refractivity contribution in [2.24, 2.45) is 5.92 Å². The highest BCUT2D eigenvalue weighted by Crippen LogP contribution is 2.30. The number of rotatable bonds is 9. The molecule has 1 saturated carbocycles. The Bertz CT molecular complexity index is 937. The van der Waals surface area contributed by atoms with Crippen LogP contribution < -0.4 is 19.7 Å². The molecule has 1 unspecified atom stereocenters. The van der Waals surface area contributed by atoms with E-state index in [1.54, 1.807) is 6.20 Å². The van der Waals surface area contributed by atoms with E-state index >= 15 is 0 Å². The van der Waals surface area contributed by atoms with Gasteiger partial charge in [0.2, 0.25) is 11.8 Å². The third-order valence-electron chi connectivity index (χ3n) is 5.69. The second-order valence-electron chi connectivity index (χ2n) is 8.27. The van der Waals surface area contributed by atoms with Crippen LogP contribution in [0.2, 0.25) is 0 Å². The van der Waals surface area contributed by atoms with Crippen LogP contribution >= 0.6 is 0 Å². The second-order valence-corrected chi connectivity index (χ2v) is 8.27. The molecular weight excluding hydrogens is 392 g/mol. The maximum absolute atomic E-state index is 11.6.